The number of carboxylic acids is 1. The van der Waals surface area contributed by atoms with E-state index in [1.165, 1.54) is 6.39 Å². The molecular formula is C16H16N2O4S. The molecule has 1 aliphatic heterocycles. The Balaban J connectivity index is 1.76. The number of oxazole rings is 1. The van der Waals surface area contributed by atoms with E-state index < -0.39 is 11.5 Å². The average molecular weight is 332 g/mol. The third-order valence-electron chi connectivity index (χ3n) is 3.97. The van der Waals surface area contributed by atoms with E-state index in [0.717, 1.165) is 17.1 Å². The number of hydrogen-bond acceptors (Lipinski definition) is 5. The Morgan fingerprint density at radius 1 is 1.22 bits per heavy atom. The number of carboxylic acid groups (broad SMARTS) is 1. The summed E-state index contributed by atoms with van der Waals surface area (Å²) >= 11 is 1.71. The zero-order chi connectivity index (χ0) is 16.3. The van der Waals surface area contributed by atoms with Gasteiger partial charge in [-0.3, -0.25) is 4.79 Å². The van der Waals surface area contributed by atoms with Crippen LogP contribution in [0.25, 0.3) is 11.3 Å². The number of aliphatic carboxylic acids is 1. The fourth-order valence-electron chi connectivity index (χ4n) is 2.55. The van der Waals surface area contributed by atoms with Crippen molar-refractivity contribution in [2.24, 2.45) is 0 Å². The van der Waals surface area contributed by atoms with Crippen molar-refractivity contribution >= 4 is 23.6 Å². The van der Waals surface area contributed by atoms with Crippen LogP contribution in [0.3, 0.4) is 0 Å². The van der Waals surface area contributed by atoms with Gasteiger partial charge in [0.2, 0.25) is 0 Å². The topological polar surface area (TPSA) is 92.4 Å². The van der Waals surface area contributed by atoms with E-state index in [2.05, 4.69) is 10.3 Å². The van der Waals surface area contributed by atoms with Crippen molar-refractivity contribution in [3.8, 4) is 11.3 Å². The molecule has 120 valence electrons. The number of hydrogen-bond donors (Lipinski definition) is 2. The molecule has 0 unspecified atom stereocenters. The number of aromatic nitrogens is 1. The maximum absolute atomic E-state index is 12.4. The molecule has 2 heterocycles. The molecule has 1 aliphatic rings. The van der Waals surface area contributed by atoms with E-state index in [1.54, 1.807) is 42.2 Å². The normalized spacial score (nSPS) is 16.7. The number of thioether (sulfide) groups is 1. The second kappa shape index (κ2) is 6.45. The molecule has 2 aromatic rings. The molecule has 1 amide bonds. The lowest BCUT2D eigenvalue weighted by Crippen LogP contribution is -2.56. The van der Waals surface area contributed by atoms with Crippen molar-refractivity contribution in [2.75, 3.05) is 11.5 Å². The lowest BCUT2D eigenvalue weighted by molar-refractivity contribution is -0.144. The first-order valence-electron chi connectivity index (χ1n) is 7.23. The van der Waals surface area contributed by atoms with Gasteiger partial charge in [-0.2, -0.15) is 11.8 Å². The number of carbonyl (C=O) groups excluding carboxylic acids is 1. The van der Waals surface area contributed by atoms with Crippen LogP contribution in [0.5, 0.6) is 0 Å². The van der Waals surface area contributed by atoms with Crippen LogP contribution in [0.2, 0.25) is 0 Å². The van der Waals surface area contributed by atoms with Gasteiger partial charge in [0.05, 0.1) is 6.20 Å². The number of carbonyl (C=O) groups is 2. The summed E-state index contributed by atoms with van der Waals surface area (Å²) in [6.45, 7) is 0. The molecule has 1 fully saturated rings. The van der Waals surface area contributed by atoms with Gasteiger partial charge in [-0.1, -0.05) is 12.1 Å². The SMILES string of the molecule is O=C(NC1(C(=O)O)CCSCC1)c1ccc(-c2cnco2)cc1. The minimum atomic E-state index is -1.16. The maximum atomic E-state index is 12.4. The molecule has 1 saturated heterocycles. The highest BCUT2D eigenvalue weighted by molar-refractivity contribution is 7.99. The molecule has 0 spiro atoms. The predicted molar refractivity (Wildman–Crippen MR) is 86.3 cm³/mol. The highest BCUT2D eigenvalue weighted by atomic mass is 32.2. The Morgan fingerprint density at radius 2 is 1.91 bits per heavy atom. The molecule has 2 N–H and O–H groups in total. The summed E-state index contributed by atoms with van der Waals surface area (Å²) in [5.74, 6) is 0.740. The van der Waals surface area contributed by atoms with Gasteiger partial charge < -0.3 is 14.8 Å². The Labute approximate surface area is 137 Å². The first-order valence-corrected chi connectivity index (χ1v) is 8.39. The molecule has 0 radical (unpaired) electrons. The maximum Gasteiger partial charge on any atom is 0.329 e. The van der Waals surface area contributed by atoms with Gasteiger partial charge in [0.1, 0.15) is 5.54 Å². The van der Waals surface area contributed by atoms with Crippen LogP contribution in [0.1, 0.15) is 23.2 Å². The van der Waals surface area contributed by atoms with Crippen LogP contribution in [0, 0.1) is 0 Å². The smallest absolute Gasteiger partial charge is 0.329 e. The third-order valence-corrected chi connectivity index (χ3v) is 4.96. The summed E-state index contributed by atoms with van der Waals surface area (Å²) in [6.07, 6.45) is 3.81. The molecule has 23 heavy (non-hydrogen) atoms. The second-order valence-electron chi connectivity index (χ2n) is 5.40. The van der Waals surface area contributed by atoms with Crippen LogP contribution < -0.4 is 5.32 Å². The lowest BCUT2D eigenvalue weighted by Gasteiger charge is -2.33. The summed E-state index contributed by atoms with van der Waals surface area (Å²) in [5, 5.41) is 12.2. The Hall–Kier alpha value is -2.28. The molecule has 0 atom stereocenters. The molecule has 0 aliphatic carbocycles. The van der Waals surface area contributed by atoms with Crippen LogP contribution in [0.4, 0.5) is 0 Å². The van der Waals surface area contributed by atoms with Gasteiger partial charge >= 0.3 is 5.97 Å². The minimum absolute atomic E-state index is 0.372. The standard InChI is InChI=1S/C16H16N2O4S/c19-14(18-16(15(20)21)5-7-23-8-6-16)12-3-1-11(2-4-12)13-9-17-10-22-13/h1-4,9-10H,5-8H2,(H,18,19)(H,20,21). The highest BCUT2D eigenvalue weighted by Gasteiger charge is 2.41. The summed E-state index contributed by atoms with van der Waals surface area (Å²) in [6, 6.07) is 6.81. The van der Waals surface area contributed by atoms with Crippen LogP contribution >= 0.6 is 11.8 Å². The molecule has 1 aromatic carbocycles. The second-order valence-corrected chi connectivity index (χ2v) is 6.62. The monoisotopic (exact) mass is 332 g/mol. The number of amides is 1. The fourth-order valence-corrected chi connectivity index (χ4v) is 3.74. The molecule has 0 bridgehead atoms. The van der Waals surface area contributed by atoms with Crippen molar-refractivity contribution in [1.29, 1.82) is 0 Å². The lowest BCUT2D eigenvalue weighted by atomic mass is 9.91. The van der Waals surface area contributed by atoms with Crippen LogP contribution in [0.15, 0.2) is 41.3 Å². The van der Waals surface area contributed by atoms with E-state index in [0.29, 0.717) is 24.2 Å². The zero-order valence-electron chi connectivity index (χ0n) is 12.3. The predicted octanol–water partition coefficient (Wildman–Crippen LogP) is 2.42. The van der Waals surface area contributed by atoms with E-state index in [1.807, 2.05) is 0 Å². The summed E-state index contributed by atoms with van der Waals surface area (Å²) in [5.41, 5.74) is 0.0690. The number of benzene rings is 1. The van der Waals surface area contributed by atoms with Crippen LogP contribution in [-0.2, 0) is 4.79 Å². The van der Waals surface area contributed by atoms with Gasteiger partial charge in [-0.25, -0.2) is 9.78 Å². The van der Waals surface area contributed by atoms with Crippen molar-refractivity contribution in [2.45, 2.75) is 18.4 Å². The van der Waals surface area contributed by atoms with Gasteiger partial charge in [0.15, 0.2) is 12.2 Å². The quantitative estimate of drug-likeness (QED) is 0.893. The van der Waals surface area contributed by atoms with E-state index >= 15 is 0 Å². The Kier molecular flexibility index (Phi) is 4.38. The van der Waals surface area contributed by atoms with Gasteiger partial charge in [0, 0.05) is 11.1 Å². The Bertz CT molecular complexity index is 691. The molecule has 0 saturated carbocycles. The van der Waals surface area contributed by atoms with Gasteiger partial charge in [-0.15, -0.1) is 0 Å². The van der Waals surface area contributed by atoms with Gasteiger partial charge in [0.25, 0.3) is 5.91 Å². The van der Waals surface area contributed by atoms with E-state index in [-0.39, 0.29) is 5.91 Å². The number of nitrogens with one attached hydrogen (secondary N) is 1. The van der Waals surface area contributed by atoms with Crippen LogP contribution in [-0.4, -0.2) is 39.0 Å². The molecular weight excluding hydrogens is 316 g/mol. The third kappa shape index (κ3) is 3.24. The Morgan fingerprint density at radius 3 is 2.48 bits per heavy atom. The number of rotatable bonds is 4. The average Bonchev–Trinajstić information content (AvgIpc) is 3.10. The molecule has 1 aromatic heterocycles. The first-order chi connectivity index (χ1) is 11.1. The van der Waals surface area contributed by atoms with Crippen molar-refractivity contribution in [1.82, 2.24) is 10.3 Å². The molecule has 6 nitrogen and oxygen atoms in total. The molecule has 3 rings (SSSR count). The minimum Gasteiger partial charge on any atom is -0.480 e. The van der Waals surface area contributed by atoms with E-state index in [4.69, 9.17) is 4.42 Å². The summed E-state index contributed by atoms with van der Waals surface area (Å²) in [7, 11) is 0. The molecule has 7 heteroatoms. The van der Waals surface area contributed by atoms with Crippen molar-refractivity contribution in [3.05, 3.63) is 42.4 Å². The summed E-state index contributed by atoms with van der Waals surface area (Å²) < 4.78 is 5.20. The summed E-state index contributed by atoms with van der Waals surface area (Å²) in [4.78, 5) is 27.9. The number of nitrogens with zero attached hydrogens (tertiary/aromatic N) is 1. The van der Waals surface area contributed by atoms with Crippen molar-refractivity contribution in [3.63, 3.8) is 0 Å². The largest absolute Gasteiger partial charge is 0.480 e. The highest BCUT2D eigenvalue weighted by Crippen LogP contribution is 2.28. The fraction of sp³-hybridized carbons (Fsp3) is 0.312. The van der Waals surface area contributed by atoms with Gasteiger partial charge in [-0.05, 0) is 36.5 Å². The zero-order valence-corrected chi connectivity index (χ0v) is 13.1. The first kappa shape index (κ1) is 15.6. The van der Waals surface area contributed by atoms with Crippen molar-refractivity contribution < 1.29 is 19.1 Å². The van der Waals surface area contributed by atoms with E-state index in [9.17, 15) is 14.7 Å².